The molecule has 0 aliphatic rings. The molecule has 1 nitrogen and oxygen atoms in total. The van der Waals surface area contributed by atoms with E-state index in [9.17, 15) is 0 Å². The van der Waals surface area contributed by atoms with E-state index >= 15 is 0 Å². The number of rotatable bonds is 0. The molecular weight excluding hydrogens is 134 g/mol. The lowest BCUT2D eigenvalue weighted by molar-refractivity contribution is 1.28. The van der Waals surface area contributed by atoms with Crippen LogP contribution in [-0.4, -0.2) is 0 Å². The molecule has 0 aromatic heterocycles. The van der Waals surface area contributed by atoms with Crippen LogP contribution in [0.15, 0.2) is 24.3 Å². The Morgan fingerprint density at radius 1 is 1.36 bits per heavy atom. The van der Waals surface area contributed by atoms with Gasteiger partial charge in [-0.05, 0) is 12.1 Å². The van der Waals surface area contributed by atoms with Crippen LogP contribution in [0.1, 0.15) is 18.9 Å². The zero-order valence-corrected chi connectivity index (χ0v) is 6.59. The summed E-state index contributed by atoms with van der Waals surface area (Å²) >= 11 is 0. The summed E-state index contributed by atoms with van der Waals surface area (Å²) in [6.07, 6.45) is 0.869. The van der Waals surface area contributed by atoms with E-state index in [1.54, 1.807) is 0 Å². The van der Waals surface area contributed by atoms with Crippen LogP contribution < -0.4 is 5.73 Å². The second-order valence-corrected chi connectivity index (χ2v) is 2.24. The summed E-state index contributed by atoms with van der Waals surface area (Å²) in [5.41, 5.74) is 7.34. The SMILES string of the molecule is CCC#Cc1ccccc1N. The van der Waals surface area contributed by atoms with E-state index in [1.807, 2.05) is 31.2 Å². The summed E-state index contributed by atoms with van der Waals surface area (Å²) in [7, 11) is 0. The van der Waals surface area contributed by atoms with Gasteiger partial charge in [0.15, 0.2) is 0 Å². The maximum absolute atomic E-state index is 5.66. The van der Waals surface area contributed by atoms with Crippen molar-refractivity contribution < 1.29 is 0 Å². The monoisotopic (exact) mass is 145 g/mol. The number of hydrogen-bond donors (Lipinski definition) is 1. The molecule has 11 heavy (non-hydrogen) atoms. The van der Waals surface area contributed by atoms with Crippen LogP contribution in [0, 0.1) is 11.8 Å². The fourth-order valence-corrected chi connectivity index (χ4v) is 0.794. The first-order valence-corrected chi connectivity index (χ1v) is 3.68. The molecule has 0 amide bonds. The Kier molecular flexibility index (Phi) is 2.57. The maximum Gasteiger partial charge on any atom is 0.0474 e. The van der Waals surface area contributed by atoms with Crippen molar-refractivity contribution in [2.75, 3.05) is 5.73 Å². The smallest absolute Gasteiger partial charge is 0.0474 e. The van der Waals surface area contributed by atoms with Crippen molar-refractivity contribution in [2.45, 2.75) is 13.3 Å². The van der Waals surface area contributed by atoms with Crippen LogP contribution in [0.5, 0.6) is 0 Å². The Morgan fingerprint density at radius 2 is 2.09 bits per heavy atom. The van der Waals surface area contributed by atoms with Crippen LogP contribution in [0.25, 0.3) is 0 Å². The highest BCUT2D eigenvalue weighted by Crippen LogP contribution is 2.07. The van der Waals surface area contributed by atoms with Crippen molar-refractivity contribution >= 4 is 5.69 Å². The molecule has 0 aliphatic heterocycles. The van der Waals surface area contributed by atoms with E-state index in [4.69, 9.17) is 5.73 Å². The predicted molar refractivity (Wildman–Crippen MR) is 48.0 cm³/mol. The molecule has 0 atom stereocenters. The van der Waals surface area contributed by atoms with Gasteiger partial charge in [0.2, 0.25) is 0 Å². The number of hydrogen-bond acceptors (Lipinski definition) is 1. The molecule has 0 fully saturated rings. The molecule has 0 saturated carbocycles. The van der Waals surface area contributed by atoms with Crippen LogP contribution in [0.2, 0.25) is 0 Å². The van der Waals surface area contributed by atoms with Gasteiger partial charge >= 0.3 is 0 Å². The van der Waals surface area contributed by atoms with Crippen LogP contribution in [-0.2, 0) is 0 Å². The van der Waals surface area contributed by atoms with Crippen molar-refractivity contribution in [2.24, 2.45) is 0 Å². The quantitative estimate of drug-likeness (QED) is 0.438. The highest BCUT2D eigenvalue weighted by molar-refractivity contribution is 5.55. The number of nitrogens with two attached hydrogens (primary N) is 1. The lowest BCUT2D eigenvalue weighted by atomic mass is 10.2. The molecule has 1 aromatic rings. The Bertz CT molecular complexity index is 291. The molecule has 0 radical (unpaired) electrons. The second kappa shape index (κ2) is 3.68. The number of para-hydroxylation sites is 1. The molecule has 1 rings (SSSR count). The minimum Gasteiger partial charge on any atom is -0.398 e. The van der Waals surface area contributed by atoms with Gasteiger partial charge in [0.25, 0.3) is 0 Å². The van der Waals surface area contributed by atoms with E-state index in [2.05, 4.69) is 11.8 Å². The van der Waals surface area contributed by atoms with E-state index in [1.165, 1.54) is 0 Å². The van der Waals surface area contributed by atoms with Crippen molar-refractivity contribution in [3.8, 4) is 11.8 Å². The van der Waals surface area contributed by atoms with Gasteiger partial charge in [-0.1, -0.05) is 30.9 Å². The zero-order chi connectivity index (χ0) is 8.10. The molecule has 56 valence electrons. The first-order valence-electron chi connectivity index (χ1n) is 3.68. The van der Waals surface area contributed by atoms with Gasteiger partial charge in [-0.2, -0.15) is 0 Å². The Hall–Kier alpha value is -1.42. The van der Waals surface area contributed by atoms with Gasteiger partial charge in [0.1, 0.15) is 0 Å². The first kappa shape index (κ1) is 7.68. The second-order valence-electron chi connectivity index (χ2n) is 2.24. The van der Waals surface area contributed by atoms with Gasteiger partial charge in [-0.25, -0.2) is 0 Å². The van der Waals surface area contributed by atoms with Crippen molar-refractivity contribution in [3.05, 3.63) is 29.8 Å². The van der Waals surface area contributed by atoms with E-state index in [-0.39, 0.29) is 0 Å². The molecule has 0 unspecified atom stereocenters. The van der Waals surface area contributed by atoms with Crippen molar-refractivity contribution in [3.63, 3.8) is 0 Å². The summed E-state index contributed by atoms with van der Waals surface area (Å²) in [5, 5.41) is 0. The summed E-state index contributed by atoms with van der Waals surface area (Å²) < 4.78 is 0. The van der Waals surface area contributed by atoms with Gasteiger partial charge in [0.05, 0.1) is 0 Å². The number of nitrogen functional groups attached to an aromatic ring is 1. The van der Waals surface area contributed by atoms with E-state index in [0.717, 1.165) is 17.7 Å². The molecule has 0 aliphatic carbocycles. The van der Waals surface area contributed by atoms with Gasteiger partial charge in [-0.15, -0.1) is 0 Å². The summed E-state index contributed by atoms with van der Waals surface area (Å²) in [5.74, 6) is 5.96. The lowest BCUT2D eigenvalue weighted by Gasteiger charge is -1.94. The molecule has 0 saturated heterocycles. The van der Waals surface area contributed by atoms with Gasteiger partial charge in [0, 0.05) is 17.7 Å². The van der Waals surface area contributed by atoms with Gasteiger partial charge < -0.3 is 5.73 Å². The van der Waals surface area contributed by atoms with Crippen molar-refractivity contribution in [1.29, 1.82) is 0 Å². The van der Waals surface area contributed by atoms with Crippen LogP contribution in [0.4, 0.5) is 5.69 Å². The minimum absolute atomic E-state index is 0.758. The zero-order valence-electron chi connectivity index (χ0n) is 6.59. The van der Waals surface area contributed by atoms with E-state index in [0.29, 0.717) is 0 Å². The third kappa shape index (κ3) is 2.01. The summed E-state index contributed by atoms with van der Waals surface area (Å²) in [6, 6.07) is 7.64. The standard InChI is InChI=1S/C10H11N/c1-2-3-6-9-7-4-5-8-10(9)11/h4-5,7-8H,2,11H2,1H3. The molecular formula is C10H11N. The van der Waals surface area contributed by atoms with Crippen molar-refractivity contribution in [1.82, 2.24) is 0 Å². The predicted octanol–water partition coefficient (Wildman–Crippen LogP) is 2.03. The Balaban J connectivity index is 2.95. The molecule has 0 spiro atoms. The highest BCUT2D eigenvalue weighted by Gasteiger charge is 1.89. The summed E-state index contributed by atoms with van der Waals surface area (Å²) in [4.78, 5) is 0. The molecule has 0 bridgehead atoms. The lowest BCUT2D eigenvalue weighted by Crippen LogP contribution is -1.87. The van der Waals surface area contributed by atoms with Crippen LogP contribution >= 0.6 is 0 Å². The molecule has 0 heterocycles. The maximum atomic E-state index is 5.66. The fourth-order valence-electron chi connectivity index (χ4n) is 0.794. The number of anilines is 1. The third-order valence-electron chi connectivity index (χ3n) is 1.36. The normalized spacial score (nSPS) is 8.45. The Morgan fingerprint density at radius 3 is 2.73 bits per heavy atom. The minimum atomic E-state index is 0.758. The third-order valence-corrected chi connectivity index (χ3v) is 1.36. The fraction of sp³-hybridized carbons (Fsp3) is 0.200. The largest absolute Gasteiger partial charge is 0.398 e. The molecule has 1 aromatic carbocycles. The topological polar surface area (TPSA) is 26.0 Å². The highest BCUT2D eigenvalue weighted by atomic mass is 14.5. The number of benzene rings is 1. The van der Waals surface area contributed by atoms with Crippen LogP contribution in [0.3, 0.4) is 0 Å². The summed E-state index contributed by atoms with van der Waals surface area (Å²) in [6.45, 7) is 2.02. The average Bonchev–Trinajstić information content (AvgIpc) is 2.03. The Labute approximate surface area is 67.2 Å². The average molecular weight is 145 g/mol. The molecule has 1 heteroatoms. The molecule has 2 N–H and O–H groups in total. The van der Waals surface area contributed by atoms with Gasteiger partial charge in [-0.3, -0.25) is 0 Å². The first-order chi connectivity index (χ1) is 5.34. The van der Waals surface area contributed by atoms with E-state index < -0.39 is 0 Å².